The number of hydrogen-bond acceptors (Lipinski definition) is 5. The fraction of sp³-hybridized carbons (Fsp3) is 0.925. The number of rotatable bonds is 49. The van der Waals surface area contributed by atoms with Gasteiger partial charge in [-0.3, -0.25) is 9.59 Å². The summed E-state index contributed by atoms with van der Waals surface area (Å²) in [5, 5.41) is 23.2. The molecule has 2 unspecified atom stereocenters. The molecule has 0 bridgehead atoms. The van der Waals surface area contributed by atoms with Crippen LogP contribution in [0.1, 0.15) is 290 Å². The minimum atomic E-state index is -0.679. The molecule has 6 heteroatoms. The first kappa shape index (κ1) is 57.6. The molecule has 0 aliphatic rings. The van der Waals surface area contributed by atoms with E-state index in [0.717, 1.165) is 70.6 Å². The molecule has 0 aliphatic carbocycles. The van der Waals surface area contributed by atoms with Crippen LogP contribution in [0.5, 0.6) is 0 Å². The second-order valence-corrected chi connectivity index (χ2v) is 18.2. The molecule has 0 radical (unpaired) electrons. The molecular weight excluding hydrogens is 731 g/mol. The first-order valence-corrected chi connectivity index (χ1v) is 26.4. The maximum atomic E-state index is 12.4. The average Bonchev–Trinajstić information content (AvgIpc) is 3.24. The van der Waals surface area contributed by atoms with Crippen LogP contribution in [-0.2, 0) is 14.3 Å². The van der Waals surface area contributed by atoms with E-state index in [1.54, 1.807) is 0 Å². The van der Waals surface area contributed by atoms with Crippen LogP contribution < -0.4 is 5.32 Å². The molecule has 59 heavy (non-hydrogen) atoms. The first-order valence-electron chi connectivity index (χ1n) is 26.4. The quantitative estimate of drug-likeness (QED) is 0.0322. The summed E-state index contributed by atoms with van der Waals surface area (Å²) in [6.07, 6.45) is 56.1. The van der Waals surface area contributed by atoms with Gasteiger partial charge in [0.1, 0.15) is 0 Å². The number of aliphatic hydroxyl groups is 2. The number of amides is 1. The molecule has 3 N–H and O–H groups in total. The standard InChI is InChI=1S/C53H103NO5/c1-3-5-7-9-11-13-15-17-19-23-27-31-35-39-43-47-53(58)59-48-44-40-36-32-28-24-20-22-26-30-34-38-42-46-52(57)54-50(49-55)51(56)45-41-37-33-29-25-21-18-16-14-12-10-8-6-4-2/h22,26,50-51,55-56H,3-21,23-25,27-49H2,1-2H3,(H,54,57)/b26-22-. The summed E-state index contributed by atoms with van der Waals surface area (Å²) in [5.74, 6) is -0.0732. The molecule has 0 fully saturated rings. The Bertz CT molecular complexity index is 878. The summed E-state index contributed by atoms with van der Waals surface area (Å²) >= 11 is 0. The van der Waals surface area contributed by atoms with E-state index in [1.807, 2.05) is 0 Å². The first-order chi connectivity index (χ1) is 29.0. The number of allylic oxidation sites excluding steroid dienone is 2. The van der Waals surface area contributed by atoms with Crippen molar-refractivity contribution in [3.8, 4) is 0 Å². The smallest absolute Gasteiger partial charge is 0.305 e. The average molecular weight is 834 g/mol. The Morgan fingerprint density at radius 3 is 1.22 bits per heavy atom. The zero-order valence-corrected chi connectivity index (χ0v) is 39.7. The molecule has 0 aliphatic heterocycles. The zero-order valence-electron chi connectivity index (χ0n) is 39.7. The minimum Gasteiger partial charge on any atom is -0.466 e. The summed E-state index contributed by atoms with van der Waals surface area (Å²) in [5.41, 5.74) is 0. The van der Waals surface area contributed by atoms with Crippen molar-refractivity contribution >= 4 is 11.9 Å². The van der Waals surface area contributed by atoms with Gasteiger partial charge >= 0.3 is 5.97 Å². The molecule has 0 aromatic heterocycles. The molecule has 2 atom stereocenters. The van der Waals surface area contributed by atoms with Crippen LogP contribution in [0, 0.1) is 0 Å². The second kappa shape index (κ2) is 49.3. The van der Waals surface area contributed by atoms with Gasteiger partial charge in [-0.25, -0.2) is 0 Å². The Balaban J connectivity index is 3.48. The number of unbranched alkanes of at least 4 members (excludes halogenated alkanes) is 36. The molecule has 0 saturated carbocycles. The van der Waals surface area contributed by atoms with Crippen LogP contribution in [0.3, 0.4) is 0 Å². The van der Waals surface area contributed by atoms with Crippen LogP contribution >= 0.6 is 0 Å². The molecule has 0 spiro atoms. The van der Waals surface area contributed by atoms with E-state index in [2.05, 4.69) is 31.3 Å². The number of carbonyl (C=O) groups is 2. The summed E-state index contributed by atoms with van der Waals surface area (Å²) < 4.78 is 5.46. The molecular formula is C53H103NO5. The van der Waals surface area contributed by atoms with E-state index < -0.39 is 12.1 Å². The lowest BCUT2D eigenvalue weighted by atomic mass is 10.0. The van der Waals surface area contributed by atoms with Crippen LogP contribution in [0.15, 0.2) is 12.2 Å². The van der Waals surface area contributed by atoms with Gasteiger partial charge in [0.15, 0.2) is 0 Å². The van der Waals surface area contributed by atoms with Gasteiger partial charge in [0, 0.05) is 12.8 Å². The zero-order chi connectivity index (χ0) is 43.0. The van der Waals surface area contributed by atoms with Gasteiger partial charge in [-0.1, -0.05) is 238 Å². The number of carbonyl (C=O) groups excluding carboxylic acids is 2. The van der Waals surface area contributed by atoms with Crippen LogP contribution in [0.4, 0.5) is 0 Å². The number of nitrogens with one attached hydrogen (secondary N) is 1. The second-order valence-electron chi connectivity index (χ2n) is 18.2. The predicted octanol–water partition coefficient (Wildman–Crippen LogP) is 15.7. The van der Waals surface area contributed by atoms with Crippen molar-refractivity contribution in [1.29, 1.82) is 0 Å². The molecule has 6 nitrogen and oxygen atoms in total. The highest BCUT2D eigenvalue weighted by molar-refractivity contribution is 5.76. The molecule has 1 amide bonds. The molecule has 0 heterocycles. The maximum Gasteiger partial charge on any atom is 0.305 e. The fourth-order valence-corrected chi connectivity index (χ4v) is 8.22. The Morgan fingerprint density at radius 2 is 0.797 bits per heavy atom. The lowest BCUT2D eigenvalue weighted by Gasteiger charge is -2.22. The van der Waals surface area contributed by atoms with Crippen molar-refractivity contribution in [2.75, 3.05) is 13.2 Å². The van der Waals surface area contributed by atoms with Crippen LogP contribution in [0.25, 0.3) is 0 Å². The molecule has 0 aromatic carbocycles. The number of hydrogen-bond donors (Lipinski definition) is 3. The Kier molecular flexibility index (Phi) is 48.1. The summed E-state index contributed by atoms with van der Waals surface area (Å²) in [4.78, 5) is 24.5. The van der Waals surface area contributed by atoms with Gasteiger partial charge in [-0.2, -0.15) is 0 Å². The normalized spacial score (nSPS) is 12.7. The van der Waals surface area contributed by atoms with Crippen molar-refractivity contribution in [3.05, 3.63) is 12.2 Å². The van der Waals surface area contributed by atoms with E-state index in [4.69, 9.17) is 4.74 Å². The summed E-state index contributed by atoms with van der Waals surface area (Å²) in [6, 6.07) is -0.560. The summed E-state index contributed by atoms with van der Waals surface area (Å²) in [7, 11) is 0. The van der Waals surface area contributed by atoms with Crippen molar-refractivity contribution in [1.82, 2.24) is 5.32 Å². The molecule has 0 saturated heterocycles. The predicted molar refractivity (Wildman–Crippen MR) is 255 cm³/mol. The van der Waals surface area contributed by atoms with Gasteiger partial charge in [0.05, 0.1) is 25.4 Å². The number of ether oxygens (including phenoxy) is 1. The SMILES string of the molecule is CCCCCCCCCCCCCCCCCC(=O)OCCCCCCCC/C=C\CCCCCC(=O)NC(CO)C(O)CCCCCCCCCCCCCCCC. The third-order valence-corrected chi connectivity index (χ3v) is 12.3. The van der Waals surface area contributed by atoms with Crippen molar-refractivity contribution in [3.63, 3.8) is 0 Å². The maximum absolute atomic E-state index is 12.4. The third-order valence-electron chi connectivity index (χ3n) is 12.3. The number of esters is 1. The van der Waals surface area contributed by atoms with Gasteiger partial charge in [-0.15, -0.1) is 0 Å². The Morgan fingerprint density at radius 1 is 0.458 bits per heavy atom. The van der Waals surface area contributed by atoms with Crippen molar-refractivity contribution in [2.24, 2.45) is 0 Å². The Labute approximate surface area is 368 Å². The van der Waals surface area contributed by atoms with Crippen LogP contribution in [-0.4, -0.2) is 47.4 Å². The topological polar surface area (TPSA) is 95.9 Å². The lowest BCUT2D eigenvalue weighted by Crippen LogP contribution is -2.45. The van der Waals surface area contributed by atoms with Gasteiger partial charge in [0.2, 0.25) is 5.91 Å². The van der Waals surface area contributed by atoms with Gasteiger partial charge in [-0.05, 0) is 51.4 Å². The van der Waals surface area contributed by atoms with Crippen molar-refractivity contribution < 1.29 is 24.5 Å². The number of aliphatic hydroxyl groups excluding tert-OH is 2. The van der Waals surface area contributed by atoms with E-state index in [1.165, 1.54) is 186 Å². The highest BCUT2D eigenvalue weighted by atomic mass is 16.5. The van der Waals surface area contributed by atoms with Gasteiger partial charge < -0.3 is 20.3 Å². The van der Waals surface area contributed by atoms with Gasteiger partial charge in [0.25, 0.3) is 0 Å². The van der Waals surface area contributed by atoms with E-state index in [0.29, 0.717) is 25.9 Å². The minimum absolute atomic E-state index is 0.00944. The highest BCUT2D eigenvalue weighted by Crippen LogP contribution is 2.17. The van der Waals surface area contributed by atoms with Crippen LogP contribution in [0.2, 0.25) is 0 Å². The van der Waals surface area contributed by atoms with E-state index in [-0.39, 0.29) is 18.5 Å². The van der Waals surface area contributed by atoms with E-state index in [9.17, 15) is 19.8 Å². The fourth-order valence-electron chi connectivity index (χ4n) is 8.22. The third kappa shape index (κ3) is 45.9. The molecule has 350 valence electrons. The van der Waals surface area contributed by atoms with E-state index >= 15 is 0 Å². The highest BCUT2D eigenvalue weighted by Gasteiger charge is 2.20. The largest absolute Gasteiger partial charge is 0.466 e. The lowest BCUT2D eigenvalue weighted by molar-refractivity contribution is -0.143. The Hall–Kier alpha value is -1.40. The monoisotopic (exact) mass is 834 g/mol. The molecule has 0 rings (SSSR count). The molecule has 0 aromatic rings. The summed E-state index contributed by atoms with van der Waals surface area (Å²) in [6.45, 7) is 4.92. The van der Waals surface area contributed by atoms with Crippen molar-refractivity contribution in [2.45, 2.75) is 302 Å².